The molecule has 2 heterocycles. The van der Waals surface area contributed by atoms with Crippen LogP contribution >= 0.6 is 11.6 Å². The number of hydrogen-bond donors (Lipinski definition) is 2. The molecule has 0 spiro atoms. The number of hydrogen-bond acceptors (Lipinski definition) is 6. The number of aromatic nitrogens is 2. The molecular formula is C22H19ClN4O5. The second-order valence-electron chi connectivity index (χ2n) is 7.14. The van der Waals surface area contributed by atoms with Gasteiger partial charge in [0.05, 0.1) is 24.6 Å². The summed E-state index contributed by atoms with van der Waals surface area (Å²) >= 11 is 5.91. The maximum absolute atomic E-state index is 12.7. The number of amides is 1. The van der Waals surface area contributed by atoms with Crippen molar-refractivity contribution in [2.45, 2.75) is 19.4 Å². The molecule has 0 saturated heterocycles. The molecule has 1 aliphatic rings. The Labute approximate surface area is 187 Å². The Balaban J connectivity index is 1.85. The topological polar surface area (TPSA) is 117 Å². The highest BCUT2D eigenvalue weighted by molar-refractivity contribution is 6.30. The normalized spacial score (nSPS) is 15.5. The molecule has 2 aromatic carbocycles. The van der Waals surface area contributed by atoms with Crippen molar-refractivity contribution in [3.8, 4) is 17.3 Å². The zero-order chi connectivity index (χ0) is 23.0. The monoisotopic (exact) mass is 454 g/mol. The van der Waals surface area contributed by atoms with Gasteiger partial charge in [0.2, 0.25) is 11.8 Å². The Kier molecular flexibility index (Phi) is 5.58. The van der Waals surface area contributed by atoms with E-state index in [1.165, 1.54) is 31.2 Å². The van der Waals surface area contributed by atoms with Gasteiger partial charge in [-0.1, -0.05) is 29.8 Å². The molecule has 9 nitrogen and oxygen atoms in total. The predicted molar refractivity (Wildman–Crippen MR) is 119 cm³/mol. The van der Waals surface area contributed by atoms with Crippen LogP contribution in [0.25, 0.3) is 5.69 Å². The molecule has 1 amide bonds. The highest BCUT2D eigenvalue weighted by Crippen LogP contribution is 2.37. The number of nitrogens with one attached hydrogen (secondary N) is 1. The summed E-state index contributed by atoms with van der Waals surface area (Å²) in [7, 11) is 1.52. The smallest absolute Gasteiger partial charge is 0.335 e. The molecule has 0 radical (unpaired) electrons. The lowest BCUT2D eigenvalue weighted by Gasteiger charge is -2.22. The van der Waals surface area contributed by atoms with E-state index in [0.717, 1.165) is 4.57 Å². The number of benzene rings is 2. The van der Waals surface area contributed by atoms with Crippen LogP contribution in [-0.4, -0.2) is 38.4 Å². The first-order valence-electron chi connectivity index (χ1n) is 9.66. The van der Waals surface area contributed by atoms with Gasteiger partial charge in [-0.05, 0) is 30.3 Å². The molecule has 1 atom stereocenters. The average Bonchev–Trinajstić information content (AvgIpc) is 3.19. The van der Waals surface area contributed by atoms with Gasteiger partial charge in [-0.2, -0.15) is 5.10 Å². The second kappa shape index (κ2) is 8.35. The summed E-state index contributed by atoms with van der Waals surface area (Å²) in [4.78, 5) is 39.6. The largest absolute Gasteiger partial charge is 0.496 e. The van der Waals surface area contributed by atoms with Gasteiger partial charge >= 0.3 is 5.69 Å². The van der Waals surface area contributed by atoms with E-state index in [2.05, 4.69) is 10.1 Å². The van der Waals surface area contributed by atoms with Crippen LogP contribution in [-0.2, 0) is 4.79 Å². The quantitative estimate of drug-likeness (QED) is 0.628. The number of H-pyrrole nitrogens is 1. The lowest BCUT2D eigenvalue weighted by atomic mass is 9.98. The Morgan fingerprint density at radius 2 is 1.88 bits per heavy atom. The van der Waals surface area contributed by atoms with E-state index in [9.17, 15) is 19.5 Å². The van der Waals surface area contributed by atoms with Crippen LogP contribution in [0.15, 0.2) is 63.2 Å². The first-order valence-corrected chi connectivity index (χ1v) is 10.0. The predicted octanol–water partition coefficient (Wildman–Crippen LogP) is 2.59. The molecule has 164 valence electrons. The van der Waals surface area contributed by atoms with E-state index in [-0.39, 0.29) is 23.6 Å². The van der Waals surface area contributed by atoms with Crippen molar-refractivity contribution < 1.29 is 14.6 Å². The fraction of sp³-hybridized carbons (Fsp3) is 0.182. The van der Waals surface area contributed by atoms with Gasteiger partial charge < -0.3 is 9.84 Å². The first kappa shape index (κ1) is 21.4. The number of carbonyl (C=O) groups excluding carboxylic acids is 1. The van der Waals surface area contributed by atoms with Crippen molar-refractivity contribution in [2.75, 3.05) is 7.11 Å². The third-order valence-electron chi connectivity index (χ3n) is 5.19. The second-order valence-corrected chi connectivity index (χ2v) is 7.58. The Hall–Kier alpha value is -3.85. The summed E-state index contributed by atoms with van der Waals surface area (Å²) < 4.78 is 6.36. The number of aromatic hydroxyl groups is 1. The molecular weight excluding hydrogens is 436 g/mol. The standard InChI is InChI=1S/C22H19ClN4O5/c1-12(28)27-17(15-5-3-4-6-18(15)32-2)11-16(25-27)19-20(29)24-22(31)26(21(19)30)14-9-7-13(23)8-10-14/h3-10,17,30H,11H2,1-2H3,(H,24,29,31). The minimum absolute atomic E-state index is 0.134. The Morgan fingerprint density at radius 1 is 1.19 bits per heavy atom. The first-order chi connectivity index (χ1) is 15.3. The summed E-state index contributed by atoms with van der Waals surface area (Å²) in [5.41, 5.74) is -0.646. The van der Waals surface area contributed by atoms with Crippen LogP contribution in [0.2, 0.25) is 5.02 Å². The fourth-order valence-electron chi connectivity index (χ4n) is 3.75. The Bertz CT molecular complexity index is 1340. The number of carbonyl (C=O) groups is 1. The molecule has 0 bridgehead atoms. The highest BCUT2D eigenvalue weighted by atomic mass is 35.5. The molecule has 0 fully saturated rings. The van der Waals surface area contributed by atoms with E-state index in [4.69, 9.17) is 16.3 Å². The third-order valence-corrected chi connectivity index (χ3v) is 5.44. The minimum atomic E-state index is -0.818. The van der Waals surface area contributed by atoms with Gasteiger partial charge in [0.25, 0.3) is 5.56 Å². The minimum Gasteiger partial charge on any atom is -0.496 e. The number of hydrazone groups is 1. The van der Waals surface area contributed by atoms with Crippen LogP contribution < -0.4 is 16.0 Å². The van der Waals surface area contributed by atoms with Crippen molar-refractivity contribution >= 4 is 23.2 Å². The number of halogens is 1. The molecule has 1 unspecified atom stereocenters. The van der Waals surface area contributed by atoms with Crippen LogP contribution in [0.3, 0.4) is 0 Å². The van der Waals surface area contributed by atoms with E-state index >= 15 is 0 Å². The number of methoxy groups -OCH3 is 1. The fourth-order valence-corrected chi connectivity index (χ4v) is 3.88. The van der Waals surface area contributed by atoms with E-state index in [1.54, 1.807) is 36.4 Å². The molecule has 0 saturated carbocycles. The van der Waals surface area contributed by atoms with Gasteiger partial charge in [0.15, 0.2) is 0 Å². The zero-order valence-corrected chi connectivity index (χ0v) is 18.0. The van der Waals surface area contributed by atoms with Crippen molar-refractivity contribution in [3.05, 3.63) is 85.5 Å². The van der Waals surface area contributed by atoms with Gasteiger partial charge in [-0.25, -0.2) is 14.4 Å². The Morgan fingerprint density at radius 3 is 2.53 bits per heavy atom. The van der Waals surface area contributed by atoms with E-state index < -0.39 is 23.2 Å². The number of ether oxygens (including phenoxy) is 1. The van der Waals surface area contributed by atoms with Crippen LogP contribution in [0, 0.1) is 0 Å². The van der Waals surface area contributed by atoms with Gasteiger partial charge in [-0.3, -0.25) is 14.6 Å². The van der Waals surface area contributed by atoms with Gasteiger partial charge in [-0.15, -0.1) is 0 Å². The zero-order valence-electron chi connectivity index (χ0n) is 17.2. The summed E-state index contributed by atoms with van der Waals surface area (Å²) in [6.07, 6.45) is 0.134. The molecule has 1 aliphatic heterocycles. The SMILES string of the molecule is COc1ccccc1C1CC(c2c(O)n(-c3ccc(Cl)cc3)c(=O)[nH]c2=O)=NN1C(C)=O. The van der Waals surface area contributed by atoms with Gasteiger partial charge in [0.1, 0.15) is 11.3 Å². The summed E-state index contributed by atoms with van der Waals surface area (Å²) in [5.74, 6) is -0.369. The van der Waals surface area contributed by atoms with E-state index in [1.807, 2.05) is 0 Å². The van der Waals surface area contributed by atoms with Crippen LogP contribution in [0.4, 0.5) is 0 Å². The average molecular weight is 455 g/mol. The molecule has 4 rings (SSSR count). The lowest BCUT2D eigenvalue weighted by molar-refractivity contribution is -0.130. The number of aromatic amines is 1. The van der Waals surface area contributed by atoms with Crippen molar-refractivity contribution in [1.82, 2.24) is 14.6 Å². The maximum Gasteiger partial charge on any atom is 0.335 e. The van der Waals surface area contributed by atoms with Crippen molar-refractivity contribution in [3.63, 3.8) is 0 Å². The molecule has 0 aliphatic carbocycles. The molecule has 3 aromatic rings. The summed E-state index contributed by atoms with van der Waals surface area (Å²) in [6, 6.07) is 12.8. The third kappa shape index (κ3) is 3.67. The summed E-state index contributed by atoms with van der Waals surface area (Å²) in [6.45, 7) is 1.35. The highest BCUT2D eigenvalue weighted by Gasteiger charge is 2.35. The number of para-hydroxylation sites is 1. The van der Waals surface area contributed by atoms with Gasteiger partial charge in [0, 0.05) is 23.9 Å². The summed E-state index contributed by atoms with van der Waals surface area (Å²) in [5, 5.41) is 16.9. The molecule has 1 aromatic heterocycles. The van der Waals surface area contributed by atoms with Crippen molar-refractivity contribution in [1.29, 1.82) is 0 Å². The van der Waals surface area contributed by atoms with Crippen LogP contribution in [0.5, 0.6) is 11.6 Å². The van der Waals surface area contributed by atoms with Crippen molar-refractivity contribution in [2.24, 2.45) is 5.10 Å². The number of rotatable bonds is 4. The number of nitrogens with zero attached hydrogens (tertiary/aromatic N) is 3. The molecule has 10 heteroatoms. The molecule has 2 N–H and O–H groups in total. The van der Waals surface area contributed by atoms with Crippen LogP contribution in [0.1, 0.15) is 30.5 Å². The van der Waals surface area contributed by atoms with E-state index in [0.29, 0.717) is 22.0 Å². The maximum atomic E-state index is 12.7. The lowest BCUT2D eigenvalue weighted by Crippen LogP contribution is -2.33. The molecule has 32 heavy (non-hydrogen) atoms.